The summed E-state index contributed by atoms with van der Waals surface area (Å²) < 4.78 is 12.4. The monoisotopic (exact) mass is 207 g/mol. The zero-order valence-corrected chi connectivity index (χ0v) is 9.13. The second kappa shape index (κ2) is 3.95. The normalized spacial score (nSPS) is 8.60. The second-order valence-electron chi connectivity index (χ2n) is 1.74. The molecule has 10 heavy (non-hydrogen) atoms. The Morgan fingerprint density at radius 1 is 1.40 bits per heavy atom. The van der Waals surface area contributed by atoms with Crippen LogP contribution >= 0.6 is 11.6 Å². The van der Waals surface area contributed by atoms with Crippen LogP contribution in [0.15, 0.2) is 18.2 Å². The van der Waals surface area contributed by atoms with Crippen molar-refractivity contribution < 1.29 is 23.9 Å². The summed E-state index contributed by atoms with van der Waals surface area (Å²) in [4.78, 5) is 0. The zero-order chi connectivity index (χ0) is 6.85. The van der Waals surface area contributed by atoms with E-state index in [0.29, 0.717) is 10.6 Å². The Balaban J connectivity index is 0.000000810. The van der Waals surface area contributed by atoms with E-state index in [1.165, 1.54) is 12.1 Å². The minimum atomic E-state index is -0.359. The van der Waals surface area contributed by atoms with Crippen molar-refractivity contribution in [3.8, 4) is 0 Å². The third-order valence-corrected chi connectivity index (χ3v) is 1.25. The molecular weight excluding hydrogens is 204 g/mol. The smallest absolute Gasteiger partial charge is 0.0192 e. The van der Waals surface area contributed by atoms with E-state index in [2.05, 4.69) is 6.92 Å². The maximum Gasteiger partial charge on any atom is 0.0192 e. The molecule has 0 spiro atoms. The Labute approximate surface area is 77.1 Å². The van der Waals surface area contributed by atoms with Crippen LogP contribution < -0.4 is 0 Å². The van der Waals surface area contributed by atoms with E-state index in [9.17, 15) is 4.39 Å². The van der Waals surface area contributed by atoms with Gasteiger partial charge in [-0.1, -0.05) is 23.7 Å². The summed E-state index contributed by atoms with van der Waals surface area (Å²) in [6.45, 7) is 3.43. The van der Waals surface area contributed by atoms with Gasteiger partial charge in [-0.15, -0.1) is 0 Å². The molecule has 1 aromatic rings. The third-order valence-electron chi connectivity index (χ3n) is 1.02. The van der Waals surface area contributed by atoms with Gasteiger partial charge in [0, 0.05) is 30.3 Å². The van der Waals surface area contributed by atoms with Crippen molar-refractivity contribution in [3.63, 3.8) is 0 Å². The van der Waals surface area contributed by atoms with Crippen LogP contribution in [-0.4, -0.2) is 0 Å². The SMILES string of the molecule is [CH2-]c1ccc(Cl)cc1F.[Zn]. The molecule has 0 aliphatic carbocycles. The average Bonchev–Trinajstić information content (AvgIpc) is 1.80. The Bertz CT molecular complexity index is 225. The van der Waals surface area contributed by atoms with Crippen molar-refractivity contribution in [1.29, 1.82) is 0 Å². The average molecular weight is 209 g/mol. The van der Waals surface area contributed by atoms with E-state index in [0.717, 1.165) is 0 Å². The Morgan fingerprint density at radius 2 is 2.00 bits per heavy atom. The summed E-state index contributed by atoms with van der Waals surface area (Å²) in [5, 5.41) is 0.403. The maximum atomic E-state index is 12.4. The molecule has 0 heterocycles. The molecule has 0 unspecified atom stereocenters. The van der Waals surface area contributed by atoms with Gasteiger partial charge in [0.25, 0.3) is 0 Å². The Morgan fingerprint density at radius 3 is 2.40 bits per heavy atom. The number of hydrogen-bond donors (Lipinski definition) is 0. The standard InChI is InChI=1S/C7H5ClF.Zn/c1-5-2-3-6(8)4-7(5)9;/h2-4H,1H2;/q-1;. The molecule has 0 amide bonds. The third kappa shape index (κ3) is 2.28. The number of rotatable bonds is 0. The molecule has 1 rings (SSSR count). The van der Waals surface area contributed by atoms with Crippen molar-refractivity contribution in [3.05, 3.63) is 41.5 Å². The first kappa shape index (κ1) is 9.93. The van der Waals surface area contributed by atoms with E-state index >= 15 is 0 Å². The molecule has 0 N–H and O–H groups in total. The molecule has 0 saturated heterocycles. The maximum absolute atomic E-state index is 12.4. The molecule has 50 valence electrons. The fourth-order valence-corrected chi connectivity index (χ4v) is 0.680. The first-order valence-corrected chi connectivity index (χ1v) is 2.85. The van der Waals surface area contributed by atoms with Crippen LogP contribution in [0.3, 0.4) is 0 Å². The van der Waals surface area contributed by atoms with Crippen LogP contribution in [0.1, 0.15) is 5.56 Å². The minimum absolute atomic E-state index is 0. The predicted molar refractivity (Wildman–Crippen MR) is 35.9 cm³/mol. The zero-order valence-electron chi connectivity index (χ0n) is 5.40. The number of hydrogen-bond acceptors (Lipinski definition) is 0. The van der Waals surface area contributed by atoms with Gasteiger partial charge in [0.05, 0.1) is 0 Å². The van der Waals surface area contributed by atoms with Gasteiger partial charge in [0.15, 0.2) is 0 Å². The van der Waals surface area contributed by atoms with Crippen LogP contribution in [0.2, 0.25) is 5.02 Å². The van der Waals surface area contributed by atoms with Gasteiger partial charge in [0.1, 0.15) is 0 Å². The Hall–Kier alpha value is -0.0666. The fraction of sp³-hybridized carbons (Fsp3) is 0. The first-order chi connectivity index (χ1) is 4.20. The summed E-state index contributed by atoms with van der Waals surface area (Å²) in [7, 11) is 0. The van der Waals surface area contributed by atoms with E-state index in [1.54, 1.807) is 6.07 Å². The minimum Gasteiger partial charge on any atom is -0.284 e. The quantitative estimate of drug-likeness (QED) is 0.455. The predicted octanol–water partition coefficient (Wildman–Crippen LogP) is 2.66. The van der Waals surface area contributed by atoms with Gasteiger partial charge >= 0.3 is 0 Å². The molecule has 0 bridgehead atoms. The topological polar surface area (TPSA) is 0 Å². The summed E-state index contributed by atoms with van der Waals surface area (Å²) in [6.07, 6.45) is 0. The molecular formula is C7H5ClFZn-. The molecule has 0 fully saturated rings. The van der Waals surface area contributed by atoms with E-state index in [-0.39, 0.29) is 25.3 Å². The number of benzene rings is 1. The van der Waals surface area contributed by atoms with Crippen molar-refractivity contribution in [2.75, 3.05) is 0 Å². The molecule has 3 heteroatoms. The van der Waals surface area contributed by atoms with Crippen LogP contribution in [0.4, 0.5) is 4.39 Å². The molecule has 0 aliphatic rings. The van der Waals surface area contributed by atoms with Crippen molar-refractivity contribution in [1.82, 2.24) is 0 Å². The van der Waals surface area contributed by atoms with Gasteiger partial charge in [0.2, 0.25) is 0 Å². The largest absolute Gasteiger partial charge is 0.284 e. The van der Waals surface area contributed by atoms with Crippen LogP contribution in [0.5, 0.6) is 0 Å². The van der Waals surface area contributed by atoms with E-state index < -0.39 is 0 Å². The van der Waals surface area contributed by atoms with Crippen LogP contribution in [0.25, 0.3) is 0 Å². The Kier molecular flexibility index (Phi) is 3.92. The van der Waals surface area contributed by atoms with Gasteiger partial charge in [-0.25, -0.2) is 0 Å². The van der Waals surface area contributed by atoms with Crippen LogP contribution in [0, 0.1) is 12.7 Å². The number of halogens is 2. The summed E-state index contributed by atoms with van der Waals surface area (Å²) in [5.41, 5.74) is 0.374. The van der Waals surface area contributed by atoms with Crippen molar-refractivity contribution >= 4 is 11.6 Å². The van der Waals surface area contributed by atoms with E-state index in [4.69, 9.17) is 11.6 Å². The molecule has 0 radical (unpaired) electrons. The van der Waals surface area contributed by atoms with Gasteiger partial charge in [-0.2, -0.15) is 18.6 Å². The summed E-state index contributed by atoms with van der Waals surface area (Å²) in [6, 6.07) is 4.38. The van der Waals surface area contributed by atoms with Crippen molar-refractivity contribution in [2.24, 2.45) is 0 Å². The second-order valence-corrected chi connectivity index (χ2v) is 2.17. The summed E-state index contributed by atoms with van der Waals surface area (Å²) in [5.74, 6) is -0.359. The molecule has 0 aromatic heterocycles. The first-order valence-electron chi connectivity index (χ1n) is 2.47. The van der Waals surface area contributed by atoms with Crippen molar-refractivity contribution in [2.45, 2.75) is 0 Å². The summed E-state index contributed by atoms with van der Waals surface area (Å²) >= 11 is 5.45. The molecule has 0 aliphatic heterocycles. The molecule has 0 saturated carbocycles. The van der Waals surface area contributed by atoms with E-state index in [1.807, 2.05) is 0 Å². The van der Waals surface area contributed by atoms with Gasteiger partial charge in [-0.3, -0.25) is 4.39 Å². The van der Waals surface area contributed by atoms with Gasteiger partial charge in [-0.05, 0) is 0 Å². The molecule has 0 nitrogen and oxygen atoms in total. The van der Waals surface area contributed by atoms with Gasteiger partial charge < -0.3 is 0 Å². The molecule has 0 atom stereocenters. The van der Waals surface area contributed by atoms with Crippen LogP contribution in [-0.2, 0) is 19.5 Å². The molecule has 1 aromatic carbocycles. The fourth-order valence-electron chi connectivity index (χ4n) is 0.522.